The fraction of sp³-hybridized carbons (Fsp3) is 0.318. The second kappa shape index (κ2) is 12.9. The smallest absolute Gasteiger partial charge is 0.276 e. The quantitative estimate of drug-likeness (QED) is 0.269. The van der Waals surface area contributed by atoms with E-state index in [1.165, 1.54) is 0 Å². The van der Waals surface area contributed by atoms with Crippen molar-refractivity contribution in [1.82, 2.24) is 16.2 Å². The zero-order chi connectivity index (χ0) is 22.6. The van der Waals surface area contributed by atoms with E-state index in [9.17, 15) is 9.59 Å². The van der Waals surface area contributed by atoms with Crippen LogP contribution in [0.4, 0.5) is 0 Å². The molecule has 0 saturated heterocycles. The third kappa shape index (κ3) is 8.55. The number of amides is 2. The summed E-state index contributed by atoms with van der Waals surface area (Å²) in [7, 11) is 0. The monoisotopic (exact) mass is 507 g/mol. The van der Waals surface area contributed by atoms with Gasteiger partial charge in [0.05, 0.1) is 12.2 Å². The van der Waals surface area contributed by atoms with E-state index in [1.54, 1.807) is 30.3 Å². The summed E-state index contributed by atoms with van der Waals surface area (Å²) in [6, 6.07) is 12.3. The molecule has 2 amide bonds. The molecular weight excluding hydrogens is 482 g/mol. The third-order valence-electron chi connectivity index (χ3n) is 4.18. The van der Waals surface area contributed by atoms with Crippen LogP contribution in [0.3, 0.4) is 0 Å². The van der Waals surface area contributed by atoms with Gasteiger partial charge in [0.1, 0.15) is 11.5 Å². The van der Waals surface area contributed by atoms with Crippen LogP contribution in [0.5, 0.6) is 11.5 Å². The Hall–Kier alpha value is -2.65. The van der Waals surface area contributed by atoms with Crippen molar-refractivity contribution >= 4 is 45.1 Å². The molecule has 0 saturated carbocycles. The van der Waals surface area contributed by atoms with Crippen LogP contribution >= 0.6 is 28.1 Å². The van der Waals surface area contributed by atoms with Gasteiger partial charge in [-0.3, -0.25) is 25.8 Å². The van der Waals surface area contributed by atoms with Crippen LogP contribution in [-0.4, -0.2) is 30.1 Å². The Morgan fingerprint density at radius 2 is 1.84 bits per heavy atom. The standard InChI is InChI=1S/C22H26BrN3O4S/c1-3-4-7-12-29-19-9-6-5-8-17(19)21(28)24-22(31)26-25-20(27)14-30-16-10-11-18(23)15(2)13-16/h5-6,8-11,13H,3-4,7,12,14H2,1-2H3,(H,25,27)(H2,24,26,28,31). The number of aryl methyl sites for hydroxylation is 1. The second-order valence-electron chi connectivity index (χ2n) is 6.71. The Morgan fingerprint density at radius 1 is 1.06 bits per heavy atom. The maximum Gasteiger partial charge on any atom is 0.276 e. The molecule has 0 unspecified atom stereocenters. The highest BCUT2D eigenvalue weighted by Gasteiger charge is 2.14. The summed E-state index contributed by atoms with van der Waals surface area (Å²) in [4.78, 5) is 24.5. The van der Waals surface area contributed by atoms with Crippen LogP contribution in [0.15, 0.2) is 46.9 Å². The van der Waals surface area contributed by atoms with E-state index in [4.69, 9.17) is 21.7 Å². The van der Waals surface area contributed by atoms with E-state index in [0.717, 1.165) is 29.3 Å². The summed E-state index contributed by atoms with van der Waals surface area (Å²) in [5.74, 6) is 0.180. The van der Waals surface area contributed by atoms with Gasteiger partial charge in [-0.05, 0) is 61.5 Å². The Kier molecular flexibility index (Phi) is 10.3. The summed E-state index contributed by atoms with van der Waals surface area (Å²) in [6.45, 7) is 4.36. The predicted octanol–water partition coefficient (Wildman–Crippen LogP) is 4.04. The summed E-state index contributed by atoms with van der Waals surface area (Å²) in [6.07, 6.45) is 3.07. The molecule has 0 bridgehead atoms. The number of hydrazine groups is 1. The first-order valence-electron chi connectivity index (χ1n) is 9.91. The van der Waals surface area contributed by atoms with Crippen LogP contribution in [-0.2, 0) is 4.79 Å². The van der Waals surface area contributed by atoms with Crippen molar-refractivity contribution in [3.63, 3.8) is 0 Å². The van der Waals surface area contributed by atoms with Gasteiger partial charge in [0.15, 0.2) is 11.7 Å². The maximum atomic E-state index is 12.5. The molecule has 0 aliphatic carbocycles. The van der Waals surface area contributed by atoms with Crippen molar-refractivity contribution in [3.05, 3.63) is 58.1 Å². The van der Waals surface area contributed by atoms with Crippen molar-refractivity contribution in [2.75, 3.05) is 13.2 Å². The fourth-order valence-corrected chi connectivity index (χ4v) is 2.92. The molecule has 0 fully saturated rings. The maximum absolute atomic E-state index is 12.5. The molecule has 166 valence electrons. The van der Waals surface area contributed by atoms with Crippen LogP contribution in [0.25, 0.3) is 0 Å². The zero-order valence-corrected chi connectivity index (χ0v) is 19.9. The lowest BCUT2D eigenvalue weighted by Crippen LogP contribution is -2.49. The number of carbonyl (C=O) groups is 2. The van der Waals surface area contributed by atoms with Gasteiger partial charge in [0.25, 0.3) is 11.8 Å². The highest BCUT2D eigenvalue weighted by molar-refractivity contribution is 9.10. The number of hydrogen-bond donors (Lipinski definition) is 3. The number of hydrogen-bond acceptors (Lipinski definition) is 5. The molecule has 2 aromatic carbocycles. The fourth-order valence-electron chi connectivity index (χ4n) is 2.53. The van der Waals surface area contributed by atoms with E-state index < -0.39 is 11.8 Å². The topological polar surface area (TPSA) is 88.7 Å². The average molecular weight is 508 g/mol. The summed E-state index contributed by atoms with van der Waals surface area (Å²) in [5.41, 5.74) is 6.24. The van der Waals surface area contributed by atoms with Crippen LogP contribution in [0.1, 0.15) is 42.1 Å². The number of benzene rings is 2. The Bertz CT molecular complexity index is 923. The Labute approximate surface area is 196 Å². The normalized spacial score (nSPS) is 10.2. The van der Waals surface area contributed by atoms with Gasteiger partial charge in [0.2, 0.25) is 0 Å². The van der Waals surface area contributed by atoms with Gasteiger partial charge in [-0.2, -0.15) is 0 Å². The van der Waals surface area contributed by atoms with Crippen molar-refractivity contribution in [2.45, 2.75) is 33.1 Å². The van der Waals surface area contributed by atoms with Crippen LogP contribution in [0, 0.1) is 6.92 Å². The Balaban J connectivity index is 1.78. The summed E-state index contributed by atoms with van der Waals surface area (Å²) >= 11 is 8.49. The zero-order valence-electron chi connectivity index (χ0n) is 17.5. The third-order valence-corrected chi connectivity index (χ3v) is 5.27. The predicted molar refractivity (Wildman–Crippen MR) is 127 cm³/mol. The summed E-state index contributed by atoms with van der Waals surface area (Å²) < 4.78 is 12.1. The molecule has 0 heterocycles. The van der Waals surface area contributed by atoms with Gasteiger partial charge in [-0.15, -0.1) is 0 Å². The number of halogens is 1. The van der Waals surface area contributed by atoms with Gasteiger partial charge in [-0.1, -0.05) is 47.8 Å². The van der Waals surface area contributed by atoms with Crippen molar-refractivity contribution in [1.29, 1.82) is 0 Å². The number of nitrogens with one attached hydrogen (secondary N) is 3. The minimum absolute atomic E-state index is 0.0429. The number of unbranched alkanes of at least 4 members (excludes halogenated alkanes) is 2. The van der Waals surface area contributed by atoms with Gasteiger partial charge < -0.3 is 9.47 Å². The molecule has 2 rings (SSSR count). The molecule has 31 heavy (non-hydrogen) atoms. The van der Waals surface area contributed by atoms with E-state index in [2.05, 4.69) is 39.0 Å². The molecule has 0 aromatic heterocycles. The molecule has 0 atom stereocenters. The minimum Gasteiger partial charge on any atom is -0.493 e. The number of ether oxygens (including phenoxy) is 2. The largest absolute Gasteiger partial charge is 0.493 e. The van der Waals surface area contributed by atoms with Crippen molar-refractivity contribution < 1.29 is 19.1 Å². The van der Waals surface area contributed by atoms with E-state index in [0.29, 0.717) is 23.7 Å². The first-order valence-corrected chi connectivity index (χ1v) is 11.1. The SMILES string of the molecule is CCCCCOc1ccccc1C(=O)NC(=S)NNC(=O)COc1ccc(Br)c(C)c1. The number of thiocarbonyl (C=S) groups is 1. The molecule has 0 aliphatic rings. The molecule has 3 N–H and O–H groups in total. The molecule has 0 aliphatic heterocycles. The number of rotatable bonds is 9. The van der Waals surface area contributed by atoms with Crippen LogP contribution < -0.4 is 25.6 Å². The summed E-state index contributed by atoms with van der Waals surface area (Å²) in [5, 5.41) is 2.48. The van der Waals surface area contributed by atoms with Gasteiger partial charge >= 0.3 is 0 Å². The van der Waals surface area contributed by atoms with E-state index in [-0.39, 0.29) is 11.7 Å². The highest BCUT2D eigenvalue weighted by atomic mass is 79.9. The lowest BCUT2D eigenvalue weighted by atomic mass is 10.2. The molecule has 2 aromatic rings. The molecule has 0 radical (unpaired) electrons. The van der Waals surface area contributed by atoms with E-state index >= 15 is 0 Å². The first-order chi connectivity index (χ1) is 14.9. The molecule has 0 spiro atoms. The van der Waals surface area contributed by atoms with Gasteiger partial charge in [-0.25, -0.2) is 0 Å². The minimum atomic E-state index is -0.447. The lowest BCUT2D eigenvalue weighted by Gasteiger charge is -2.14. The Morgan fingerprint density at radius 3 is 2.58 bits per heavy atom. The first kappa shape index (κ1) is 24.6. The van der Waals surface area contributed by atoms with Crippen LogP contribution in [0.2, 0.25) is 0 Å². The van der Waals surface area contributed by atoms with Gasteiger partial charge in [0, 0.05) is 4.47 Å². The number of carbonyl (C=O) groups excluding carboxylic acids is 2. The van der Waals surface area contributed by atoms with Crippen molar-refractivity contribution in [3.8, 4) is 11.5 Å². The molecule has 7 nitrogen and oxygen atoms in total. The molecular formula is C22H26BrN3O4S. The highest BCUT2D eigenvalue weighted by Crippen LogP contribution is 2.21. The lowest BCUT2D eigenvalue weighted by molar-refractivity contribution is -0.123. The second-order valence-corrected chi connectivity index (χ2v) is 7.97. The van der Waals surface area contributed by atoms with Crippen molar-refractivity contribution in [2.24, 2.45) is 0 Å². The van der Waals surface area contributed by atoms with E-state index in [1.807, 2.05) is 19.1 Å². The average Bonchev–Trinajstić information content (AvgIpc) is 2.76. The molecule has 9 heteroatoms. The number of para-hydroxylation sites is 1.